The van der Waals surface area contributed by atoms with Gasteiger partial charge >= 0.3 is 0 Å². The number of carbonyl (C=O) groups excluding carboxylic acids is 2. The molecule has 92 valence electrons. The van der Waals surface area contributed by atoms with Gasteiger partial charge in [0.2, 0.25) is 11.8 Å². The molecule has 2 amide bonds. The van der Waals surface area contributed by atoms with Gasteiger partial charge in [0.1, 0.15) is 6.04 Å². The molecule has 1 atom stereocenters. The number of nitrogens with zero attached hydrogens (tertiary/aromatic N) is 1. The van der Waals surface area contributed by atoms with Crippen LogP contribution in [0.2, 0.25) is 0 Å². The first kappa shape index (κ1) is 13.0. The molecule has 1 fully saturated rings. The predicted octanol–water partition coefficient (Wildman–Crippen LogP) is -0.421. The Labute approximate surface area is 96.6 Å². The summed E-state index contributed by atoms with van der Waals surface area (Å²) in [6.45, 7) is 5.94. The molecule has 0 aromatic carbocycles. The summed E-state index contributed by atoms with van der Waals surface area (Å²) in [6, 6.07) is -0.356. The van der Waals surface area contributed by atoms with Crippen LogP contribution in [0.4, 0.5) is 0 Å². The third-order valence-corrected chi connectivity index (χ3v) is 2.70. The Balaban J connectivity index is 2.66. The fourth-order valence-corrected chi connectivity index (χ4v) is 1.87. The molecule has 0 saturated carbocycles. The Morgan fingerprint density at radius 1 is 1.50 bits per heavy atom. The van der Waals surface area contributed by atoms with E-state index in [9.17, 15) is 9.59 Å². The van der Waals surface area contributed by atoms with E-state index in [0.717, 1.165) is 6.54 Å². The summed E-state index contributed by atoms with van der Waals surface area (Å²) in [5, 5.41) is 5.73. The fraction of sp³-hybridized carbons (Fsp3) is 0.818. The van der Waals surface area contributed by atoms with Crippen LogP contribution in [0.5, 0.6) is 0 Å². The monoisotopic (exact) mass is 227 g/mol. The number of hydrogen-bond acceptors (Lipinski definition) is 3. The molecule has 16 heavy (non-hydrogen) atoms. The van der Waals surface area contributed by atoms with Crippen LogP contribution in [0.3, 0.4) is 0 Å². The molecular formula is C11H21N3O2. The van der Waals surface area contributed by atoms with E-state index in [1.54, 1.807) is 11.9 Å². The summed E-state index contributed by atoms with van der Waals surface area (Å²) in [7, 11) is 1.60. The van der Waals surface area contributed by atoms with Gasteiger partial charge in [0.25, 0.3) is 0 Å². The average molecular weight is 227 g/mol. The van der Waals surface area contributed by atoms with Crippen molar-refractivity contribution in [2.45, 2.75) is 26.3 Å². The predicted molar refractivity (Wildman–Crippen MR) is 61.9 cm³/mol. The molecule has 0 aromatic heterocycles. The van der Waals surface area contributed by atoms with Crippen molar-refractivity contribution in [3.8, 4) is 0 Å². The number of nitrogens with one attached hydrogen (secondary N) is 2. The molecule has 0 aliphatic carbocycles. The largest absolute Gasteiger partial charge is 0.357 e. The second-order valence-electron chi connectivity index (χ2n) is 4.52. The molecule has 2 N–H and O–H groups in total. The molecule has 1 aliphatic rings. The zero-order valence-electron chi connectivity index (χ0n) is 10.2. The van der Waals surface area contributed by atoms with Gasteiger partial charge in [-0.2, -0.15) is 0 Å². The van der Waals surface area contributed by atoms with E-state index in [0.29, 0.717) is 25.4 Å². The van der Waals surface area contributed by atoms with E-state index in [4.69, 9.17) is 0 Å². The standard InChI is InChI=1S/C11H21N3O2/c1-8(2)6-10(15)14-5-4-13-7-9(14)11(16)12-3/h8-9,13H,4-7H2,1-3H3,(H,12,16). The van der Waals surface area contributed by atoms with Crippen LogP contribution < -0.4 is 10.6 Å². The van der Waals surface area contributed by atoms with E-state index in [2.05, 4.69) is 10.6 Å². The molecule has 0 radical (unpaired) electrons. The molecule has 5 nitrogen and oxygen atoms in total. The second-order valence-corrected chi connectivity index (χ2v) is 4.52. The lowest BCUT2D eigenvalue weighted by Crippen LogP contribution is -2.59. The van der Waals surface area contributed by atoms with Crippen molar-refractivity contribution in [3.05, 3.63) is 0 Å². The van der Waals surface area contributed by atoms with Crippen LogP contribution in [-0.2, 0) is 9.59 Å². The molecule has 1 heterocycles. The van der Waals surface area contributed by atoms with Crippen molar-refractivity contribution in [2.75, 3.05) is 26.7 Å². The highest BCUT2D eigenvalue weighted by molar-refractivity contribution is 5.88. The van der Waals surface area contributed by atoms with Crippen molar-refractivity contribution < 1.29 is 9.59 Å². The number of carbonyl (C=O) groups is 2. The quantitative estimate of drug-likeness (QED) is 0.688. The minimum atomic E-state index is -0.356. The van der Waals surface area contributed by atoms with E-state index in [1.165, 1.54) is 0 Å². The van der Waals surface area contributed by atoms with Crippen LogP contribution in [-0.4, -0.2) is 49.4 Å². The third kappa shape index (κ3) is 3.20. The van der Waals surface area contributed by atoms with Crippen LogP contribution in [0, 0.1) is 5.92 Å². The maximum absolute atomic E-state index is 12.0. The number of amides is 2. The van der Waals surface area contributed by atoms with Crippen molar-refractivity contribution in [2.24, 2.45) is 5.92 Å². The highest BCUT2D eigenvalue weighted by atomic mass is 16.2. The summed E-state index contributed by atoms with van der Waals surface area (Å²) in [5.74, 6) is 0.308. The SMILES string of the molecule is CNC(=O)C1CNCCN1C(=O)CC(C)C. The highest BCUT2D eigenvalue weighted by Crippen LogP contribution is 2.10. The lowest BCUT2D eigenvalue weighted by atomic mass is 10.1. The first-order valence-electron chi connectivity index (χ1n) is 5.78. The summed E-state index contributed by atoms with van der Waals surface area (Å²) < 4.78 is 0. The van der Waals surface area contributed by atoms with Gasteiger partial charge in [-0.15, -0.1) is 0 Å². The van der Waals surface area contributed by atoms with Gasteiger partial charge in [-0.25, -0.2) is 0 Å². The zero-order valence-corrected chi connectivity index (χ0v) is 10.2. The second kappa shape index (κ2) is 5.84. The van der Waals surface area contributed by atoms with Crippen LogP contribution in [0.1, 0.15) is 20.3 Å². The Morgan fingerprint density at radius 3 is 2.75 bits per heavy atom. The minimum absolute atomic E-state index is 0.0742. The summed E-state index contributed by atoms with van der Waals surface area (Å²) in [6.07, 6.45) is 0.507. The number of rotatable bonds is 3. The molecule has 1 unspecified atom stereocenters. The molecule has 5 heteroatoms. The molecular weight excluding hydrogens is 206 g/mol. The van der Waals surface area contributed by atoms with E-state index < -0.39 is 0 Å². The average Bonchev–Trinajstić information content (AvgIpc) is 2.27. The van der Waals surface area contributed by atoms with Crippen LogP contribution in [0.15, 0.2) is 0 Å². The molecule has 1 rings (SSSR count). The number of piperazine rings is 1. The van der Waals surface area contributed by atoms with Gasteiger partial charge in [-0.3, -0.25) is 9.59 Å². The van der Waals surface area contributed by atoms with E-state index >= 15 is 0 Å². The Bertz CT molecular complexity index is 266. The maximum atomic E-state index is 12.0. The summed E-state index contributed by atoms with van der Waals surface area (Å²) in [5.41, 5.74) is 0. The first-order valence-corrected chi connectivity index (χ1v) is 5.78. The third-order valence-electron chi connectivity index (χ3n) is 2.70. The Morgan fingerprint density at radius 2 is 2.19 bits per heavy atom. The van der Waals surface area contributed by atoms with Gasteiger partial charge < -0.3 is 15.5 Å². The van der Waals surface area contributed by atoms with Gasteiger partial charge in [0.05, 0.1) is 0 Å². The smallest absolute Gasteiger partial charge is 0.243 e. The number of hydrogen-bond donors (Lipinski definition) is 2. The molecule has 0 aromatic rings. The van der Waals surface area contributed by atoms with Gasteiger partial charge in [0.15, 0.2) is 0 Å². The summed E-state index contributed by atoms with van der Waals surface area (Å²) in [4.78, 5) is 25.3. The lowest BCUT2D eigenvalue weighted by molar-refractivity contribution is -0.141. The fourth-order valence-electron chi connectivity index (χ4n) is 1.87. The molecule has 1 saturated heterocycles. The molecule has 1 aliphatic heterocycles. The molecule has 0 spiro atoms. The van der Waals surface area contributed by atoms with Gasteiger partial charge in [0, 0.05) is 33.1 Å². The minimum Gasteiger partial charge on any atom is -0.357 e. The lowest BCUT2D eigenvalue weighted by Gasteiger charge is -2.35. The maximum Gasteiger partial charge on any atom is 0.243 e. The highest BCUT2D eigenvalue weighted by Gasteiger charge is 2.31. The normalized spacial score (nSPS) is 21.0. The number of likely N-dealkylation sites (N-methyl/N-ethyl adjacent to an activating group) is 1. The zero-order chi connectivity index (χ0) is 12.1. The van der Waals surface area contributed by atoms with Crippen molar-refractivity contribution in [3.63, 3.8) is 0 Å². The summed E-state index contributed by atoms with van der Waals surface area (Å²) >= 11 is 0. The van der Waals surface area contributed by atoms with E-state index in [1.807, 2.05) is 13.8 Å². The molecule has 0 bridgehead atoms. The first-order chi connectivity index (χ1) is 7.56. The van der Waals surface area contributed by atoms with E-state index in [-0.39, 0.29) is 17.9 Å². The van der Waals surface area contributed by atoms with Crippen LogP contribution >= 0.6 is 0 Å². The van der Waals surface area contributed by atoms with Crippen molar-refractivity contribution in [1.82, 2.24) is 15.5 Å². The Hall–Kier alpha value is -1.10. The van der Waals surface area contributed by atoms with Crippen molar-refractivity contribution >= 4 is 11.8 Å². The van der Waals surface area contributed by atoms with Crippen molar-refractivity contribution in [1.29, 1.82) is 0 Å². The van der Waals surface area contributed by atoms with Gasteiger partial charge in [-0.05, 0) is 5.92 Å². The topological polar surface area (TPSA) is 61.4 Å². The van der Waals surface area contributed by atoms with Crippen LogP contribution in [0.25, 0.3) is 0 Å². The Kier molecular flexibility index (Phi) is 4.73. The van der Waals surface area contributed by atoms with Gasteiger partial charge in [-0.1, -0.05) is 13.8 Å².